The van der Waals surface area contributed by atoms with E-state index in [2.05, 4.69) is 0 Å². The molecule has 2 rings (SSSR count). The summed E-state index contributed by atoms with van der Waals surface area (Å²) in [5.74, 6) is 0. The molecule has 0 unspecified atom stereocenters. The molecule has 0 heterocycles. The van der Waals surface area contributed by atoms with Gasteiger partial charge in [0.05, 0.1) is 0 Å². The predicted molar refractivity (Wildman–Crippen MR) is 60.4 cm³/mol. The highest BCUT2D eigenvalue weighted by Gasteiger charge is 2.40. The van der Waals surface area contributed by atoms with E-state index in [-0.39, 0.29) is 0 Å². The lowest BCUT2D eigenvalue weighted by Crippen LogP contribution is -2.42. The van der Waals surface area contributed by atoms with Gasteiger partial charge < -0.3 is 9.32 Å². The van der Waals surface area contributed by atoms with Gasteiger partial charge in [-0.05, 0) is 18.1 Å². The first-order chi connectivity index (χ1) is 8.63. The van der Waals surface area contributed by atoms with Crippen LogP contribution in [0, 0.1) is 10.8 Å². The number of benzene rings is 2. The highest BCUT2D eigenvalue weighted by Crippen LogP contribution is 2.33. The van der Waals surface area contributed by atoms with Crippen molar-refractivity contribution >= 4 is 0 Å². The number of hydrogen-bond acceptors (Lipinski definition) is 3. The van der Waals surface area contributed by atoms with Gasteiger partial charge in [-0.3, -0.25) is 0 Å². The monoisotopic (exact) mass is 264 g/mol. The third-order valence-electron chi connectivity index (χ3n) is 2.87. The Balaban J connectivity index is 2.48. The van der Waals surface area contributed by atoms with Gasteiger partial charge in [-0.2, -0.15) is 0 Å². The molecule has 3 nitrogen and oxygen atoms in total. The Hall–Kier alpha value is -1.39. The molecule has 0 saturated carbocycles. The Morgan fingerprint density at radius 3 is 1.56 bits per heavy atom. The van der Waals surface area contributed by atoms with Crippen molar-refractivity contribution in [1.29, 1.82) is 0 Å². The van der Waals surface area contributed by atoms with Crippen molar-refractivity contribution < 1.29 is 24.4 Å². The van der Waals surface area contributed by atoms with Gasteiger partial charge in [-0.25, -0.2) is 0 Å². The van der Waals surface area contributed by atoms with Crippen molar-refractivity contribution in [1.82, 2.24) is 0 Å². The van der Waals surface area contributed by atoms with Crippen LogP contribution in [0.25, 0.3) is 0 Å². The van der Waals surface area contributed by atoms with Crippen LogP contribution in [-0.4, -0.2) is 0 Å². The fourth-order valence-corrected chi connectivity index (χ4v) is 2.32. The normalized spacial score (nSPS) is 11.8. The maximum Gasteiger partial charge on any atom is 0.287 e. The highest BCUT2D eigenvalue weighted by molar-refractivity contribution is 5.35. The average Bonchev–Trinajstić information content (AvgIpc) is 2.40. The van der Waals surface area contributed by atoms with E-state index in [0.29, 0.717) is 0 Å². The van der Waals surface area contributed by atoms with Crippen LogP contribution in [0.5, 0.6) is 0 Å². The summed E-state index contributed by atoms with van der Waals surface area (Å²) in [5.41, 5.74) is 0.544. The van der Waals surface area contributed by atoms with E-state index in [4.69, 9.17) is 4.29 Å². The first-order valence-electron chi connectivity index (χ1n) is 5.49. The molecule has 94 valence electrons. The second-order valence-corrected chi connectivity index (χ2v) is 4.56. The molecular formula is C14H13ClO3. The largest absolute Gasteiger partial charge is 0.320 e. The highest BCUT2D eigenvalue weighted by atomic mass is 35.6. The third-order valence-corrected chi connectivity index (χ3v) is 3.30. The summed E-state index contributed by atoms with van der Waals surface area (Å²) in [7, 11) is -2.24. The van der Waals surface area contributed by atoms with Crippen molar-refractivity contribution in [3.63, 3.8) is 0 Å². The zero-order valence-corrected chi connectivity index (χ0v) is 10.6. The SMILES string of the molecule is CC(O[Cl+2]([O-])[O-])(c1ccccc1)c1ccccc1. The Labute approximate surface area is 109 Å². The van der Waals surface area contributed by atoms with Gasteiger partial charge in [0.2, 0.25) is 5.60 Å². The van der Waals surface area contributed by atoms with Crippen LogP contribution >= 0.6 is 0 Å². The van der Waals surface area contributed by atoms with Gasteiger partial charge in [-0.15, -0.1) is 0 Å². The molecule has 0 N–H and O–H groups in total. The summed E-state index contributed by atoms with van der Waals surface area (Å²) < 4.78 is 26.9. The topological polar surface area (TPSA) is 55.3 Å². The third kappa shape index (κ3) is 2.71. The van der Waals surface area contributed by atoms with Crippen LogP contribution in [0.4, 0.5) is 0 Å². The molecular weight excluding hydrogens is 252 g/mol. The fourth-order valence-electron chi connectivity index (χ4n) is 1.89. The van der Waals surface area contributed by atoms with Crippen LogP contribution in [0.3, 0.4) is 0 Å². The Kier molecular flexibility index (Phi) is 3.99. The summed E-state index contributed by atoms with van der Waals surface area (Å²) in [6, 6.07) is 18.5. The molecule has 0 aliphatic heterocycles. The lowest BCUT2D eigenvalue weighted by molar-refractivity contribution is -1.63. The van der Waals surface area contributed by atoms with E-state index in [1.807, 2.05) is 60.7 Å². The number of rotatable bonds is 4. The molecule has 0 radical (unpaired) electrons. The molecule has 0 aromatic heterocycles. The summed E-state index contributed by atoms with van der Waals surface area (Å²) in [6.45, 7) is 1.73. The maximum atomic E-state index is 10.9. The van der Waals surface area contributed by atoms with Crippen molar-refractivity contribution in [3.05, 3.63) is 71.8 Å². The van der Waals surface area contributed by atoms with Crippen LogP contribution in [0.15, 0.2) is 60.7 Å². The lowest BCUT2D eigenvalue weighted by atomic mass is 9.88. The van der Waals surface area contributed by atoms with Gasteiger partial charge in [0.15, 0.2) is 0 Å². The molecule has 0 amide bonds. The number of hydrogen-bond donors (Lipinski definition) is 0. The van der Waals surface area contributed by atoms with E-state index < -0.39 is 16.4 Å². The van der Waals surface area contributed by atoms with Gasteiger partial charge >= 0.3 is 0 Å². The van der Waals surface area contributed by atoms with E-state index in [0.717, 1.165) is 11.1 Å². The van der Waals surface area contributed by atoms with Crippen LogP contribution in [-0.2, 0) is 9.89 Å². The first-order valence-corrected chi connectivity index (χ1v) is 6.41. The summed E-state index contributed by atoms with van der Waals surface area (Å²) in [4.78, 5) is 0. The zero-order chi connectivity index (χ0) is 13.0. The molecule has 4 heteroatoms. The number of halogens is 1. The van der Waals surface area contributed by atoms with Crippen molar-refractivity contribution in [2.75, 3.05) is 0 Å². The molecule has 2 aromatic carbocycles. The molecule has 0 saturated heterocycles. The molecule has 18 heavy (non-hydrogen) atoms. The lowest BCUT2D eigenvalue weighted by Gasteiger charge is -2.23. The maximum absolute atomic E-state index is 10.9. The quantitative estimate of drug-likeness (QED) is 0.830. The molecule has 0 spiro atoms. The van der Waals surface area contributed by atoms with Gasteiger partial charge in [0.1, 0.15) is 0 Å². The van der Waals surface area contributed by atoms with E-state index in [1.54, 1.807) is 6.92 Å². The Bertz CT molecular complexity index is 445. The van der Waals surface area contributed by atoms with E-state index >= 15 is 0 Å². The molecule has 2 aromatic rings. The van der Waals surface area contributed by atoms with Gasteiger partial charge in [0, 0.05) is 4.29 Å². The summed E-state index contributed by atoms with van der Waals surface area (Å²) in [6.07, 6.45) is 0. The minimum absolute atomic E-state index is 0.783. The average molecular weight is 265 g/mol. The summed E-state index contributed by atoms with van der Waals surface area (Å²) in [5, 5.41) is 0. The van der Waals surface area contributed by atoms with Crippen LogP contribution in [0.2, 0.25) is 0 Å². The first kappa shape index (κ1) is 13.1. The minimum atomic E-state index is -2.24. The van der Waals surface area contributed by atoms with Crippen molar-refractivity contribution in [3.8, 4) is 0 Å². The van der Waals surface area contributed by atoms with Crippen molar-refractivity contribution in [2.24, 2.45) is 0 Å². The van der Waals surface area contributed by atoms with Gasteiger partial charge in [-0.1, -0.05) is 60.7 Å². The summed E-state index contributed by atoms with van der Waals surface area (Å²) >= 11 is 0. The fraction of sp³-hybridized carbons (Fsp3) is 0.143. The Morgan fingerprint density at radius 1 is 0.833 bits per heavy atom. The standard InChI is InChI=1S/C14H13ClO3/c1-14(18-15(16)17,12-8-4-2-5-9-12)13-10-6-3-7-11-13/h2-11H,1H3. The minimum Gasteiger partial charge on any atom is -0.320 e. The van der Waals surface area contributed by atoms with Gasteiger partial charge in [0.25, 0.3) is 10.8 Å². The molecule has 0 fully saturated rings. The molecule has 0 bridgehead atoms. The second-order valence-electron chi connectivity index (χ2n) is 4.03. The van der Waals surface area contributed by atoms with Crippen LogP contribution in [0.1, 0.15) is 18.1 Å². The smallest absolute Gasteiger partial charge is 0.287 e. The van der Waals surface area contributed by atoms with Crippen LogP contribution < -0.4 is 9.32 Å². The van der Waals surface area contributed by atoms with E-state index in [1.165, 1.54) is 0 Å². The Morgan fingerprint density at radius 2 is 1.22 bits per heavy atom. The molecule has 0 atom stereocenters. The molecule has 0 aliphatic rings. The second kappa shape index (κ2) is 5.50. The predicted octanol–water partition coefficient (Wildman–Crippen LogP) is 1.05. The van der Waals surface area contributed by atoms with Crippen molar-refractivity contribution in [2.45, 2.75) is 12.5 Å². The zero-order valence-electron chi connectivity index (χ0n) is 9.88. The molecule has 0 aliphatic carbocycles. The van der Waals surface area contributed by atoms with E-state index in [9.17, 15) is 9.32 Å².